The van der Waals surface area contributed by atoms with E-state index in [1.54, 1.807) is 0 Å². The van der Waals surface area contributed by atoms with Crippen molar-refractivity contribution >= 4 is 34.6 Å². The van der Waals surface area contributed by atoms with E-state index in [1.807, 2.05) is 50.5 Å². The fourth-order valence-electron chi connectivity index (χ4n) is 2.46. The van der Waals surface area contributed by atoms with Crippen molar-refractivity contribution in [3.8, 4) is 0 Å². The van der Waals surface area contributed by atoms with Gasteiger partial charge in [0, 0.05) is 41.6 Å². The molecular weight excluding hydrogens is 284 g/mol. The van der Waals surface area contributed by atoms with Crippen molar-refractivity contribution in [3.05, 3.63) is 58.6 Å². The monoisotopic (exact) mass is 300 g/mol. The fourth-order valence-corrected chi connectivity index (χ4v) is 2.63. The molecule has 1 atom stereocenters. The van der Waals surface area contributed by atoms with Crippen LogP contribution in [-0.2, 0) is 0 Å². The molecule has 0 spiro atoms. The number of hydrogen-bond acceptors (Lipinski definition) is 3. The number of hydrogen-bond donors (Lipinski definition) is 2. The van der Waals surface area contributed by atoms with Crippen molar-refractivity contribution in [3.63, 3.8) is 0 Å². The van der Waals surface area contributed by atoms with E-state index in [-0.39, 0.29) is 0 Å². The molecule has 21 heavy (non-hydrogen) atoms. The summed E-state index contributed by atoms with van der Waals surface area (Å²) in [6, 6.07) is 13.8. The number of anilines is 2. The molecule has 108 valence electrons. The lowest BCUT2D eigenvalue weighted by atomic mass is 10.0. The molecule has 0 saturated heterocycles. The summed E-state index contributed by atoms with van der Waals surface area (Å²) in [6.07, 6.45) is 1.28. The van der Waals surface area contributed by atoms with Gasteiger partial charge in [-0.1, -0.05) is 23.7 Å². The fraction of sp³-hybridized carbons (Fsp3) is 0.176. The van der Waals surface area contributed by atoms with E-state index >= 15 is 0 Å². The Balaban J connectivity index is 1.98. The van der Waals surface area contributed by atoms with Gasteiger partial charge in [0.05, 0.1) is 0 Å². The van der Waals surface area contributed by atoms with Gasteiger partial charge in [-0.3, -0.25) is 0 Å². The van der Waals surface area contributed by atoms with Gasteiger partial charge in [0.15, 0.2) is 6.23 Å². The smallest absolute Gasteiger partial charge is 0.151 e. The molecule has 0 fully saturated rings. The largest absolute Gasteiger partial charge is 0.378 e. The van der Waals surface area contributed by atoms with E-state index in [0.29, 0.717) is 5.02 Å². The van der Waals surface area contributed by atoms with Gasteiger partial charge in [-0.25, -0.2) is 0 Å². The van der Waals surface area contributed by atoms with Crippen LogP contribution in [0.1, 0.15) is 11.1 Å². The Labute approximate surface area is 129 Å². The van der Waals surface area contributed by atoms with Crippen molar-refractivity contribution in [2.75, 3.05) is 24.3 Å². The maximum absolute atomic E-state index is 10.2. The number of benzene rings is 2. The van der Waals surface area contributed by atoms with Gasteiger partial charge < -0.3 is 15.3 Å². The molecule has 0 bridgehead atoms. The number of halogens is 1. The third kappa shape index (κ3) is 2.75. The zero-order chi connectivity index (χ0) is 15.0. The lowest BCUT2D eigenvalue weighted by Crippen LogP contribution is -2.12. The second kappa shape index (κ2) is 5.43. The summed E-state index contributed by atoms with van der Waals surface area (Å²) in [5, 5.41) is 13.9. The minimum Gasteiger partial charge on any atom is -0.378 e. The average Bonchev–Trinajstić information content (AvgIpc) is 2.76. The molecule has 1 aliphatic heterocycles. The maximum Gasteiger partial charge on any atom is 0.151 e. The standard InChI is InChI=1S/C17H17ClN2O/c1-20(2)13-6-3-11(4-7-13)9-15-14-10-12(18)5-8-16(14)19-17(15)21/h3-10,17,19,21H,1-2H3/b15-9-. The third-order valence-corrected chi connectivity index (χ3v) is 3.85. The minimum absolute atomic E-state index is 0.665. The highest BCUT2D eigenvalue weighted by atomic mass is 35.5. The molecule has 1 unspecified atom stereocenters. The van der Waals surface area contributed by atoms with Gasteiger partial charge in [0.25, 0.3) is 0 Å². The highest BCUT2D eigenvalue weighted by Gasteiger charge is 2.24. The molecule has 2 aromatic rings. The lowest BCUT2D eigenvalue weighted by Gasteiger charge is -2.12. The van der Waals surface area contributed by atoms with E-state index < -0.39 is 6.23 Å². The topological polar surface area (TPSA) is 35.5 Å². The van der Waals surface area contributed by atoms with Crippen molar-refractivity contribution in [1.82, 2.24) is 0 Å². The molecule has 2 N–H and O–H groups in total. The van der Waals surface area contributed by atoms with Crippen LogP contribution in [-0.4, -0.2) is 25.4 Å². The Morgan fingerprint density at radius 1 is 1.14 bits per heavy atom. The first kappa shape index (κ1) is 14.0. The predicted molar refractivity (Wildman–Crippen MR) is 89.7 cm³/mol. The summed E-state index contributed by atoms with van der Waals surface area (Å²) >= 11 is 6.05. The van der Waals surface area contributed by atoms with Gasteiger partial charge in [-0.05, 0) is 42.0 Å². The van der Waals surface area contributed by atoms with Crippen molar-refractivity contribution in [1.29, 1.82) is 0 Å². The second-order valence-electron chi connectivity index (χ2n) is 5.32. The van der Waals surface area contributed by atoms with Crippen LogP contribution in [0, 0.1) is 0 Å². The number of nitrogens with zero attached hydrogens (tertiary/aromatic N) is 1. The third-order valence-electron chi connectivity index (χ3n) is 3.61. The number of aliphatic hydroxyl groups excluding tert-OH is 1. The van der Waals surface area contributed by atoms with Crippen molar-refractivity contribution in [2.24, 2.45) is 0 Å². The van der Waals surface area contributed by atoms with Crippen molar-refractivity contribution in [2.45, 2.75) is 6.23 Å². The zero-order valence-electron chi connectivity index (χ0n) is 12.0. The molecule has 3 rings (SSSR count). The Bertz CT molecular complexity index is 692. The molecular formula is C17H17ClN2O. The SMILES string of the molecule is CN(C)c1ccc(/C=C2/c3cc(Cl)ccc3NC2O)cc1. The quantitative estimate of drug-likeness (QED) is 0.888. The summed E-state index contributed by atoms with van der Waals surface area (Å²) in [5.74, 6) is 0. The van der Waals surface area contributed by atoms with Crippen LogP contribution < -0.4 is 10.2 Å². The average molecular weight is 301 g/mol. The van der Waals surface area contributed by atoms with Crippen molar-refractivity contribution < 1.29 is 5.11 Å². The van der Waals surface area contributed by atoms with Crippen LogP contribution in [0.3, 0.4) is 0 Å². The number of nitrogens with one attached hydrogen (secondary N) is 1. The van der Waals surface area contributed by atoms with Crippen LogP contribution in [0.15, 0.2) is 42.5 Å². The van der Waals surface area contributed by atoms with Gasteiger partial charge in [0.1, 0.15) is 0 Å². The molecule has 4 heteroatoms. The Kier molecular flexibility index (Phi) is 3.62. The summed E-state index contributed by atoms with van der Waals surface area (Å²) in [4.78, 5) is 2.05. The van der Waals surface area contributed by atoms with Gasteiger partial charge >= 0.3 is 0 Å². The lowest BCUT2D eigenvalue weighted by molar-refractivity contribution is 0.266. The Morgan fingerprint density at radius 2 is 1.86 bits per heavy atom. The first-order valence-electron chi connectivity index (χ1n) is 6.78. The number of fused-ring (bicyclic) bond motifs is 1. The highest BCUT2D eigenvalue weighted by Crippen LogP contribution is 2.37. The normalized spacial score (nSPS) is 18.5. The van der Waals surface area contributed by atoms with Crippen LogP contribution in [0.4, 0.5) is 11.4 Å². The maximum atomic E-state index is 10.2. The molecule has 3 nitrogen and oxygen atoms in total. The summed E-state index contributed by atoms with van der Waals surface area (Å²) < 4.78 is 0. The van der Waals surface area contributed by atoms with E-state index in [1.165, 1.54) is 0 Å². The summed E-state index contributed by atoms with van der Waals surface area (Å²) in [5.41, 5.74) is 4.88. The zero-order valence-corrected chi connectivity index (χ0v) is 12.7. The first-order valence-corrected chi connectivity index (χ1v) is 7.16. The Hall–Kier alpha value is -1.97. The number of rotatable bonds is 2. The molecule has 0 saturated carbocycles. The Morgan fingerprint density at radius 3 is 2.52 bits per heavy atom. The molecule has 1 heterocycles. The number of aliphatic hydroxyl groups is 1. The molecule has 2 aromatic carbocycles. The van der Waals surface area contributed by atoms with Crippen LogP contribution in [0.25, 0.3) is 11.6 Å². The highest BCUT2D eigenvalue weighted by molar-refractivity contribution is 6.31. The van der Waals surface area contributed by atoms with Gasteiger partial charge in [-0.2, -0.15) is 0 Å². The first-order chi connectivity index (χ1) is 10.0. The molecule has 0 aliphatic carbocycles. The van der Waals surface area contributed by atoms with Gasteiger partial charge in [-0.15, -0.1) is 0 Å². The van der Waals surface area contributed by atoms with Crippen LogP contribution in [0.2, 0.25) is 5.02 Å². The minimum atomic E-state index is -0.702. The van der Waals surface area contributed by atoms with Gasteiger partial charge in [0.2, 0.25) is 0 Å². The van der Waals surface area contributed by atoms with Crippen LogP contribution in [0.5, 0.6) is 0 Å². The van der Waals surface area contributed by atoms with E-state index in [4.69, 9.17) is 11.6 Å². The molecule has 1 aliphatic rings. The van der Waals surface area contributed by atoms with Crippen LogP contribution >= 0.6 is 11.6 Å². The molecule has 0 radical (unpaired) electrons. The van der Waals surface area contributed by atoms with E-state index in [0.717, 1.165) is 28.1 Å². The van der Waals surface area contributed by atoms with E-state index in [2.05, 4.69) is 22.3 Å². The second-order valence-corrected chi connectivity index (χ2v) is 5.76. The predicted octanol–water partition coefficient (Wildman–Crippen LogP) is 3.69. The summed E-state index contributed by atoms with van der Waals surface area (Å²) in [6.45, 7) is 0. The summed E-state index contributed by atoms with van der Waals surface area (Å²) in [7, 11) is 4.02. The molecule has 0 aromatic heterocycles. The van der Waals surface area contributed by atoms with E-state index in [9.17, 15) is 5.11 Å². The molecule has 0 amide bonds.